The molecule has 0 heterocycles. The van der Waals surface area contributed by atoms with Crippen LogP contribution < -0.4 is 10.1 Å². The molecule has 0 spiro atoms. The average Bonchev–Trinajstić information content (AvgIpc) is 2.41. The summed E-state index contributed by atoms with van der Waals surface area (Å²) >= 11 is 0. The Bertz CT molecular complexity index is 520. The van der Waals surface area contributed by atoms with Crippen LogP contribution in [-0.4, -0.2) is 18.7 Å². The van der Waals surface area contributed by atoms with Crippen LogP contribution in [0, 0.1) is 0 Å². The summed E-state index contributed by atoms with van der Waals surface area (Å²) in [4.78, 5) is 0. The van der Waals surface area contributed by atoms with Gasteiger partial charge in [0, 0.05) is 17.1 Å². The molecule has 0 aliphatic heterocycles. The number of allylic oxidation sites excluding steroid dienone is 1. The molecule has 2 nitrogen and oxygen atoms in total. The van der Waals surface area contributed by atoms with E-state index in [1.54, 1.807) is 7.11 Å². The first-order valence-electron chi connectivity index (χ1n) is 7.25. The standard InChI is InChI=1S/C18H25NO.ClH/c1-6-12-18(3,4)19-15-11-10-14-8-7-9-16(20-5)17(14)13(15)2;/h6-9,12,15,19H,2,10-11H2,1,3-5H3;1H. The van der Waals surface area contributed by atoms with E-state index < -0.39 is 0 Å². The molecule has 1 atom stereocenters. The van der Waals surface area contributed by atoms with Crippen LogP contribution in [0.25, 0.3) is 5.57 Å². The third-order valence-corrected chi connectivity index (χ3v) is 3.91. The van der Waals surface area contributed by atoms with Crippen molar-refractivity contribution in [1.82, 2.24) is 5.32 Å². The molecule has 0 bridgehead atoms. The van der Waals surface area contributed by atoms with Gasteiger partial charge in [0.05, 0.1) is 7.11 Å². The van der Waals surface area contributed by atoms with E-state index in [9.17, 15) is 0 Å². The van der Waals surface area contributed by atoms with Crippen LogP contribution in [0.4, 0.5) is 0 Å². The van der Waals surface area contributed by atoms with E-state index in [-0.39, 0.29) is 17.9 Å². The van der Waals surface area contributed by atoms with Crippen molar-refractivity contribution in [2.75, 3.05) is 7.11 Å². The Morgan fingerprint density at radius 2 is 2.10 bits per heavy atom. The normalized spacial score (nSPS) is 18.3. The fourth-order valence-electron chi connectivity index (χ4n) is 3.04. The van der Waals surface area contributed by atoms with Gasteiger partial charge in [0.15, 0.2) is 0 Å². The van der Waals surface area contributed by atoms with E-state index in [0.29, 0.717) is 6.04 Å². The van der Waals surface area contributed by atoms with Gasteiger partial charge in [0.1, 0.15) is 5.75 Å². The molecular weight excluding hydrogens is 282 g/mol. The summed E-state index contributed by atoms with van der Waals surface area (Å²) < 4.78 is 5.51. The minimum Gasteiger partial charge on any atom is -0.496 e. The Morgan fingerprint density at radius 1 is 1.38 bits per heavy atom. The molecule has 2 rings (SSSR count). The summed E-state index contributed by atoms with van der Waals surface area (Å²) in [5.41, 5.74) is 3.65. The van der Waals surface area contributed by atoms with Gasteiger partial charge in [0.2, 0.25) is 0 Å². The second-order valence-electron chi connectivity index (χ2n) is 5.98. The maximum atomic E-state index is 5.51. The minimum absolute atomic E-state index is 0. The van der Waals surface area contributed by atoms with Gasteiger partial charge in [-0.2, -0.15) is 0 Å². The highest BCUT2D eigenvalue weighted by Crippen LogP contribution is 2.37. The molecular formula is C18H26ClNO. The first kappa shape index (κ1) is 17.8. The van der Waals surface area contributed by atoms with Crippen LogP contribution in [0.3, 0.4) is 0 Å². The minimum atomic E-state index is -0.0259. The van der Waals surface area contributed by atoms with Crippen LogP contribution in [-0.2, 0) is 6.42 Å². The van der Waals surface area contributed by atoms with Gasteiger partial charge in [-0.25, -0.2) is 0 Å². The second kappa shape index (κ2) is 7.15. The maximum Gasteiger partial charge on any atom is 0.126 e. The lowest BCUT2D eigenvalue weighted by molar-refractivity contribution is 0.401. The molecule has 0 fully saturated rings. The summed E-state index contributed by atoms with van der Waals surface area (Å²) in [5, 5.41) is 3.70. The number of aryl methyl sites for hydroxylation is 1. The van der Waals surface area contributed by atoms with E-state index in [0.717, 1.165) is 24.2 Å². The zero-order valence-corrected chi connectivity index (χ0v) is 14.2. The van der Waals surface area contributed by atoms with Gasteiger partial charge in [-0.05, 0) is 50.8 Å². The first-order valence-corrected chi connectivity index (χ1v) is 7.25. The molecule has 0 radical (unpaired) electrons. The lowest BCUT2D eigenvalue weighted by atomic mass is 9.83. The highest BCUT2D eigenvalue weighted by Gasteiger charge is 2.28. The Balaban J connectivity index is 0.00000220. The van der Waals surface area contributed by atoms with Gasteiger partial charge in [0.25, 0.3) is 0 Å². The molecule has 1 aliphatic rings. The quantitative estimate of drug-likeness (QED) is 0.833. The van der Waals surface area contributed by atoms with Crippen molar-refractivity contribution in [3.05, 3.63) is 48.1 Å². The lowest BCUT2D eigenvalue weighted by Gasteiger charge is -2.35. The predicted molar refractivity (Wildman–Crippen MR) is 93.4 cm³/mol. The summed E-state index contributed by atoms with van der Waals surface area (Å²) in [6, 6.07) is 6.55. The highest BCUT2D eigenvalue weighted by molar-refractivity contribution is 5.85. The van der Waals surface area contributed by atoms with Gasteiger partial charge in [-0.1, -0.05) is 30.9 Å². The Morgan fingerprint density at radius 3 is 2.71 bits per heavy atom. The number of halogens is 1. The third kappa shape index (κ3) is 3.90. The number of benzene rings is 1. The van der Waals surface area contributed by atoms with Crippen molar-refractivity contribution in [2.45, 2.75) is 45.2 Å². The smallest absolute Gasteiger partial charge is 0.126 e. The van der Waals surface area contributed by atoms with Gasteiger partial charge in [-0.3, -0.25) is 0 Å². The van der Waals surface area contributed by atoms with Crippen molar-refractivity contribution in [3.8, 4) is 5.75 Å². The van der Waals surface area contributed by atoms with E-state index >= 15 is 0 Å². The molecule has 1 unspecified atom stereocenters. The van der Waals surface area contributed by atoms with Crippen molar-refractivity contribution in [3.63, 3.8) is 0 Å². The van der Waals surface area contributed by atoms with E-state index in [4.69, 9.17) is 4.74 Å². The molecule has 1 aliphatic carbocycles. The number of methoxy groups -OCH3 is 1. The average molecular weight is 308 g/mol. The molecule has 0 saturated carbocycles. The first-order chi connectivity index (χ1) is 9.48. The molecule has 3 heteroatoms. The molecule has 116 valence electrons. The number of fused-ring (bicyclic) bond motifs is 1. The molecule has 1 N–H and O–H groups in total. The van der Waals surface area contributed by atoms with Crippen molar-refractivity contribution < 1.29 is 4.74 Å². The van der Waals surface area contributed by atoms with Gasteiger partial charge >= 0.3 is 0 Å². The predicted octanol–water partition coefficient (Wildman–Crippen LogP) is 4.39. The Labute approximate surface area is 134 Å². The Kier molecular flexibility index (Phi) is 6.06. The van der Waals surface area contributed by atoms with Crippen molar-refractivity contribution >= 4 is 18.0 Å². The number of ether oxygens (including phenoxy) is 1. The molecule has 1 aromatic carbocycles. The SMILES string of the molecule is C=C1c2c(cccc2OC)CCC1NC(C)(C)C=CC.Cl. The molecule has 0 aromatic heterocycles. The van der Waals surface area contributed by atoms with Gasteiger partial charge in [-0.15, -0.1) is 12.4 Å². The summed E-state index contributed by atoms with van der Waals surface area (Å²) in [5.74, 6) is 0.933. The van der Waals surface area contributed by atoms with Crippen LogP contribution in [0.5, 0.6) is 5.75 Å². The number of hydrogen-bond acceptors (Lipinski definition) is 2. The third-order valence-electron chi connectivity index (χ3n) is 3.91. The van der Waals surface area contributed by atoms with E-state index in [1.165, 1.54) is 11.1 Å². The largest absolute Gasteiger partial charge is 0.496 e. The van der Waals surface area contributed by atoms with Gasteiger partial charge < -0.3 is 10.1 Å². The summed E-state index contributed by atoms with van der Waals surface area (Å²) in [6.45, 7) is 10.8. The lowest BCUT2D eigenvalue weighted by Crippen LogP contribution is -2.46. The number of rotatable bonds is 4. The second-order valence-corrected chi connectivity index (χ2v) is 5.98. The topological polar surface area (TPSA) is 21.3 Å². The zero-order chi connectivity index (χ0) is 14.8. The van der Waals surface area contributed by atoms with Crippen molar-refractivity contribution in [1.29, 1.82) is 0 Å². The molecule has 0 saturated heterocycles. The van der Waals surface area contributed by atoms with Crippen LogP contribution >= 0.6 is 12.4 Å². The van der Waals surface area contributed by atoms with Crippen LogP contribution in [0.15, 0.2) is 36.9 Å². The Hall–Kier alpha value is -1.25. The monoisotopic (exact) mass is 307 g/mol. The molecule has 1 aromatic rings. The van der Waals surface area contributed by atoms with Crippen LogP contribution in [0.2, 0.25) is 0 Å². The fraction of sp³-hybridized carbons (Fsp3) is 0.444. The summed E-state index contributed by atoms with van der Waals surface area (Å²) in [6.07, 6.45) is 6.43. The summed E-state index contributed by atoms with van der Waals surface area (Å²) in [7, 11) is 1.73. The highest BCUT2D eigenvalue weighted by atomic mass is 35.5. The fourth-order valence-corrected chi connectivity index (χ4v) is 3.04. The molecule has 0 amide bonds. The van der Waals surface area contributed by atoms with E-state index in [1.807, 2.05) is 6.07 Å². The van der Waals surface area contributed by atoms with E-state index in [2.05, 4.69) is 57.0 Å². The maximum absolute atomic E-state index is 5.51. The molecule has 21 heavy (non-hydrogen) atoms. The van der Waals surface area contributed by atoms with Crippen LogP contribution in [0.1, 0.15) is 38.3 Å². The van der Waals surface area contributed by atoms with Crippen molar-refractivity contribution in [2.24, 2.45) is 0 Å². The number of hydrogen-bond donors (Lipinski definition) is 1. The zero-order valence-electron chi connectivity index (χ0n) is 13.4. The number of nitrogens with one attached hydrogen (secondary N) is 1.